The van der Waals surface area contributed by atoms with Gasteiger partial charge in [-0.3, -0.25) is 4.90 Å². The fourth-order valence-electron chi connectivity index (χ4n) is 2.37. The Kier molecular flexibility index (Phi) is 3.92. The molecule has 0 spiro atoms. The monoisotopic (exact) mass is 253 g/mol. The van der Waals surface area contributed by atoms with Crippen LogP contribution in [-0.2, 0) is 0 Å². The van der Waals surface area contributed by atoms with Gasteiger partial charge in [-0.2, -0.15) is 0 Å². The standard InChI is InChI=1S/C13H20ClN3/c1-10-8-17(9-13(7-15)16(10)2)12-5-3-11(14)4-6-12/h3-6,10,13H,7-9,15H2,1-2H3. The van der Waals surface area contributed by atoms with Crippen molar-refractivity contribution in [2.45, 2.75) is 19.0 Å². The average Bonchev–Trinajstić information content (AvgIpc) is 2.33. The van der Waals surface area contributed by atoms with Crippen LogP contribution in [0, 0.1) is 0 Å². The Hall–Kier alpha value is -0.770. The Morgan fingerprint density at radius 2 is 1.94 bits per heavy atom. The lowest BCUT2D eigenvalue weighted by atomic mass is 10.1. The number of nitrogens with zero attached hydrogens (tertiary/aromatic N) is 2. The van der Waals surface area contributed by atoms with Crippen molar-refractivity contribution in [3.63, 3.8) is 0 Å². The maximum Gasteiger partial charge on any atom is 0.0407 e. The first-order valence-corrected chi connectivity index (χ1v) is 6.42. The van der Waals surface area contributed by atoms with Crippen LogP contribution in [0.3, 0.4) is 0 Å². The van der Waals surface area contributed by atoms with E-state index in [9.17, 15) is 0 Å². The second-order valence-electron chi connectivity index (χ2n) is 4.79. The van der Waals surface area contributed by atoms with E-state index in [2.05, 4.69) is 35.9 Å². The van der Waals surface area contributed by atoms with E-state index >= 15 is 0 Å². The minimum Gasteiger partial charge on any atom is -0.368 e. The first kappa shape index (κ1) is 12.7. The van der Waals surface area contributed by atoms with Crippen molar-refractivity contribution in [1.82, 2.24) is 4.90 Å². The quantitative estimate of drug-likeness (QED) is 0.873. The third kappa shape index (κ3) is 2.73. The first-order chi connectivity index (χ1) is 8.11. The number of anilines is 1. The molecular formula is C13H20ClN3. The van der Waals surface area contributed by atoms with E-state index in [1.54, 1.807) is 0 Å². The minimum absolute atomic E-state index is 0.425. The van der Waals surface area contributed by atoms with Crippen LogP contribution in [0.2, 0.25) is 5.02 Å². The number of hydrogen-bond acceptors (Lipinski definition) is 3. The van der Waals surface area contributed by atoms with Crippen LogP contribution in [0.15, 0.2) is 24.3 Å². The smallest absolute Gasteiger partial charge is 0.0407 e. The molecule has 1 fully saturated rings. The first-order valence-electron chi connectivity index (χ1n) is 6.04. The van der Waals surface area contributed by atoms with Crippen LogP contribution in [0.5, 0.6) is 0 Å². The number of benzene rings is 1. The molecule has 0 saturated carbocycles. The van der Waals surface area contributed by atoms with E-state index < -0.39 is 0 Å². The van der Waals surface area contributed by atoms with E-state index in [4.69, 9.17) is 17.3 Å². The number of piperazine rings is 1. The van der Waals surface area contributed by atoms with Crippen molar-refractivity contribution in [3.05, 3.63) is 29.3 Å². The number of halogens is 1. The van der Waals surface area contributed by atoms with E-state index in [0.29, 0.717) is 18.6 Å². The lowest BCUT2D eigenvalue weighted by molar-refractivity contribution is 0.162. The van der Waals surface area contributed by atoms with Crippen LogP contribution in [-0.4, -0.2) is 43.7 Å². The van der Waals surface area contributed by atoms with Crippen molar-refractivity contribution in [3.8, 4) is 0 Å². The van der Waals surface area contributed by atoms with Crippen LogP contribution >= 0.6 is 11.6 Å². The normalized spacial score (nSPS) is 26.2. The van der Waals surface area contributed by atoms with Gasteiger partial charge in [0.15, 0.2) is 0 Å². The zero-order valence-corrected chi connectivity index (χ0v) is 11.2. The van der Waals surface area contributed by atoms with Gasteiger partial charge in [-0.05, 0) is 38.2 Å². The number of rotatable bonds is 2. The fourth-order valence-corrected chi connectivity index (χ4v) is 2.49. The van der Waals surface area contributed by atoms with Gasteiger partial charge in [0.05, 0.1) is 0 Å². The number of likely N-dealkylation sites (N-methyl/N-ethyl adjacent to an activating group) is 1. The summed E-state index contributed by atoms with van der Waals surface area (Å²) >= 11 is 5.91. The van der Waals surface area contributed by atoms with Gasteiger partial charge in [0, 0.05) is 42.4 Å². The molecule has 4 heteroatoms. The van der Waals surface area contributed by atoms with Crippen molar-refractivity contribution in [1.29, 1.82) is 0 Å². The highest BCUT2D eigenvalue weighted by molar-refractivity contribution is 6.30. The largest absolute Gasteiger partial charge is 0.368 e. The van der Waals surface area contributed by atoms with E-state index in [0.717, 1.165) is 18.1 Å². The summed E-state index contributed by atoms with van der Waals surface area (Å²) < 4.78 is 0. The summed E-state index contributed by atoms with van der Waals surface area (Å²) in [6, 6.07) is 8.98. The molecule has 2 unspecified atom stereocenters. The van der Waals surface area contributed by atoms with Crippen molar-refractivity contribution in [2.24, 2.45) is 5.73 Å². The van der Waals surface area contributed by atoms with Crippen molar-refractivity contribution >= 4 is 17.3 Å². The summed E-state index contributed by atoms with van der Waals surface area (Å²) in [5, 5.41) is 0.784. The molecule has 17 heavy (non-hydrogen) atoms. The topological polar surface area (TPSA) is 32.5 Å². The van der Waals surface area contributed by atoms with Crippen molar-refractivity contribution in [2.75, 3.05) is 31.6 Å². The molecule has 0 aromatic heterocycles. The summed E-state index contributed by atoms with van der Waals surface area (Å²) in [4.78, 5) is 4.75. The second kappa shape index (κ2) is 5.25. The molecule has 1 aliphatic rings. The molecule has 1 aromatic carbocycles. The molecule has 0 amide bonds. The van der Waals surface area contributed by atoms with E-state index in [1.807, 2.05) is 12.1 Å². The maximum atomic E-state index is 5.91. The van der Waals surface area contributed by atoms with Gasteiger partial charge in [-0.1, -0.05) is 11.6 Å². The van der Waals surface area contributed by atoms with Gasteiger partial charge < -0.3 is 10.6 Å². The molecule has 94 valence electrons. The van der Waals surface area contributed by atoms with Gasteiger partial charge in [0.25, 0.3) is 0 Å². The molecular weight excluding hydrogens is 234 g/mol. The fraction of sp³-hybridized carbons (Fsp3) is 0.538. The Balaban J connectivity index is 2.14. The molecule has 0 aliphatic carbocycles. The predicted octanol–water partition coefficient (Wildman–Crippen LogP) is 1.81. The lowest BCUT2D eigenvalue weighted by Gasteiger charge is -2.44. The van der Waals surface area contributed by atoms with Gasteiger partial charge in [-0.15, -0.1) is 0 Å². The summed E-state index contributed by atoms with van der Waals surface area (Å²) in [5.41, 5.74) is 7.06. The molecule has 0 radical (unpaired) electrons. The second-order valence-corrected chi connectivity index (χ2v) is 5.22. The zero-order chi connectivity index (χ0) is 12.4. The molecule has 3 nitrogen and oxygen atoms in total. The number of nitrogens with two attached hydrogens (primary N) is 1. The van der Waals surface area contributed by atoms with Gasteiger partial charge in [0.1, 0.15) is 0 Å². The summed E-state index contributed by atoms with van der Waals surface area (Å²) in [5.74, 6) is 0. The lowest BCUT2D eigenvalue weighted by Crippen LogP contribution is -2.58. The zero-order valence-electron chi connectivity index (χ0n) is 10.4. The third-order valence-electron chi connectivity index (χ3n) is 3.65. The molecule has 1 heterocycles. The Labute approximate surface area is 108 Å². The van der Waals surface area contributed by atoms with Gasteiger partial charge >= 0.3 is 0 Å². The van der Waals surface area contributed by atoms with E-state index in [1.165, 1.54) is 5.69 Å². The molecule has 2 rings (SSSR count). The molecule has 1 aliphatic heterocycles. The third-order valence-corrected chi connectivity index (χ3v) is 3.90. The van der Waals surface area contributed by atoms with Crippen molar-refractivity contribution < 1.29 is 0 Å². The highest BCUT2D eigenvalue weighted by Crippen LogP contribution is 2.22. The molecule has 0 bridgehead atoms. The Morgan fingerprint density at radius 1 is 1.29 bits per heavy atom. The SMILES string of the molecule is CC1CN(c2ccc(Cl)cc2)CC(CN)N1C. The van der Waals surface area contributed by atoms with Crippen LogP contribution in [0.25, 0.3) is 0 Å². The number of hydrogen-bond donors (Lipinski definition) is 1. The van der Waals surface area contributed by atoms with Gasteiger partial charge in [0.2, 0.25) is 0 Å². The Morgan fingerprint density at radius 3 is 2.53 bits per heavy atom. The predicted molar refractivity (Wildman–Crippen MR) is 73.7 cm³/mol. The Bertz CT molecular complexity index is 365. The molecule has 1 saturated heterocycles. The van der Waals surface area contributed by atoms with Crippen LogP contribution < -0.4 is 10.6 Å². The molecule has 2 N–H and O–H groups in total. The maximum absolute atomic E-state index is 5.91. The summed E-state index contributed by atoms with van der Waals surface area (Å²) in [7, 11) is 2.15. The highest BCUT2D eigenvalue weighted by Gasteiger charge is 2.28. The van der Waals surface area contributed by atoms with Crippen LogP contribution in [0.1, 0.15) is 6.92 Å². The summed E-state index contributed by atoms with van der Waals surface area (Å²) in [6.45, 7) is 4.96. The minimum atomic E-state index is 0.425. The van der Waals surface area contributed by atoms with Gasteiger partial charge in [-0.25, -0.2) is 0 Å². The molecule has 1 aromatic rings. The van der Waals surface area contributed by atoms with E-state index in [-0.39, 0.29) is 0 Å². The average molecular weight is 254 g/mol. The highest BCUT2D eigenvalue weighted by atomic mass is 35.5. The summed E-state index contributed by atoms with van der Waals surface area (Å²) in [6.07, 6.45) is 0. The van der Waals surface area contributed by atoms with Crippen LogP contribution in [0.4, 0.5) is 5.69 Å². The molecule has 2 atom stereocenters.